The van der Waals surface area contributed by atoms with Crippen LogP contribution in [0, 0.1) is 6.92 Å². The first-order chi connectivity index (χ1) is 8.96. The van der Waals surface area contributed by atoms with Gasteiger partial charge in [-0.2, -0.15) is 0 Å². The molecule has 0 saturated heterocycles. The summed E-state index contributed by atoms with van der Waals surface area (Å²) >= 11 is 6.05. The van der Waals surface area contributed by atoms with Crippen molar-refractivity contribution in [1.29, 1.82) is 0 Å². The molecule has 0 spiro atoms. The SMILES string of the molecule is CCC(CC)(CO)NC(=O)Nc1ccc(C)cc1Cl. The largest absolute Gasteiger partial charge is 0.394 e. The Kier molecular flexibility index (Phi) is 5.63. The van der Waals surface area contributed by atoms with Gasteiger partial charge in [-0.3, -0.25) is 0 Å². The third-order valence-corrected chi connectivity index (χ3v) is 3.72. The van der Waals surface area contributed by atoms with Crippen LogP contribution in [0.15, 0.2) is 18.2 Å². The predicted octanol–water partition coefficient (Wildman–Crippen LogP) is 3.32. The molecule has 0 aromatic heterocycles. The number of carbonyl (C=O) groups excluding carboxylic acids is 1. The molecule has 3 N–H and O–H groups in total. The molecular formula is C14H21ClN2O2. The van der Waals surface area contributed by atoms with Crippen molar-refractivity contribution < 1.29 is 9.90 Å². The lowest BCUT2D eigenvalue weighted by Gasteiger charge is -2.30. The number of hydrogen-bond acceptors (Lipinski definition) is 2. The molecule has 0 fully saturated rings. The van der Waals surface area contributed by atoms with Crippen molar-refractivity contribution in [3.63, 3.8) is 0 Å². The van der Waals surface area contributed by atoms with Crippen molar-refractivity contribution in [2.75, 3.05) is 11.9 Å². The normalized spacial score (nSPS) is 11.2. The Morgan fingerprint density at radius 3 is 2.47 bits per heavy atom. The van der Waals surface area contributed by atoms with Crippen LogP contribution < -0.4 is 10.6 Å². The molecule has 0 aliphatic carbocycles. The van der Waals surface area contributed by atoms with Gasteiger partial charge in [0.1, 0.15) is 0 Å². The zero-order chi connectivity index (χ0) is 14.5. The average molecular weight is 285 g/mol. The average Bonchev–Trinajstić information content (AvgIpc) is 2.39. The van der Waals surface area contributed by atoms with Gasteiger partial charge in [0.2, 0.25) is 0 Å². The van der Waals surface area contributed by atoms with Gasteiger partial charge in [0.25, 0.3) is 0 Å². The topological polar surface area (TPSA) is 61.4 Å². The Morgan fingerprint density at radius 2 is 2.00 bits per heavy atom. The summed E-state index contributed by atoms with van der Waals surface area (Å²) in [7, 11) is 0. The second kappa shape index (κ2) is 6.78. The van der Waals surface area contributed by atoms with Gasteiger partial charge in [0.05, 0.1) is 22.9 Å². The van der Waals surface area contributed by atoms with E-state index in [9.17, 15) is 9.90 Å². The number of nitrogens with one attached hydrogen (secondary N) is 2. The maximum Gasteiger partial charge on any atom is 0.319 e. The van der Waals surface area contributed by atoms with Crippen LogP contribution in [-0.4, -0.2) is 23.3 Å². The smallest absolute Gasteiger partial charge is 0.319 e. The zero-order valence-corrected chi connectivity index (χ0v) is 12.3. The van der Waals surface area contributed by atoms with Gasteiger partial charge in [-0.15, -0.1) is 0 Å². The van der Waals surface area contributed by atoms with Crippen molar-refractivity contribution >= 4 is 23.3 Å². The molecule has 4 nitrogen and oxygen atoms in total. The lowest BCUT2D eigenvalue weighted by atomic mass is 9.94. The van der Waals surface area contributed by atoms with Gasteiger partial charge >= 0.3 is 6.03 Å². The van der Waals surface area contributed by atoms with E-state index in [1.807, 2.05) is 26.8 Å². The number of halogens is 1. The number of anilines is 1. The van der Waals surface area contributed by atoms with Gasteiger partial charge in [0, 0.05) is 0 Å². The molecule has 1 aromatic rings. The van der Waals surface area contributed by atoms with Crippen molar-refractivity contribution in [2.24, 2.45) is 0 Å². The third kappa shape index (κ3) is 4.11. The molecule has 5 heteroatoms. The molecule has 106 valence electrons. The van der Waals surface area contributed by atoms with Gasteiger partial charge in [-0.25, -0.2) is 4.79 Å². The minimum Gasteiger partial charge on any atom is -0.394 e. The number of aliphatic hydroxyl groups is 1. The number of urea groups is 1. The monoisotopic (exact) mass is 284 g/mol. The van der Waals surface area contributed by atoms with E-state index in [1.165, 1.54) is 0 Å². The van der Waals surface area contributed by atoms with E-state index < -0.39 is 5.54 Å². The van der Waals surface area contributed by atoms with Crippen LogP contribution in [0.3, 0.4) is 0 Å². The molecule has 0 bridgehead atoms. The number of aliphatic hydroxyl groups excluding tert-OH is 1. The van der Waals surface area contributed by atoms with Crippen LogP contribution in [0.5, 0.6) is 0 Å². The van der Waals surface area contributed by atoms with Crippen LogP contribution in [0.1, 0.15) is 32.3 Å². The second-order valence-corrected chi connectivity index (χ2v) is 5.12. The number of amides is 2. The highest BCUT2D eigenvalue weighted by molar-refractivity contribution is 6.33. The lowest BCUT2D eigenvalue weighted by molar-refractivity contribution is 0.155. The molecule has 0 aliphatic rings. The fourth-order valence-corrected chi connectivity index (χ4v) is 2.09. The molecule has 0 aliphatic heterocycles. The van der Waals surface area contributed by atoms with E-state index in [4.69, 9.17) is 11.6 Å². The summed E-state index contributed by atoms with van der Waals surface area (Å²) in [5, 5.41) is 15.4. The Morgan fingerprint density at radius 1 is 1.37 bits per heavy atom. The van der Waals surface area contributed by atoms with Gasteiger partial charge in [-0.05, 0) is 37.5 Å². The molecule has 0 heterocycles. The van der Waals surface area contributed by atoms with E-state index in [0.29, 0.717) is 23.6 Å². The Labute approximate surface area is 119 Å². The molecule has 19 heavy (non-hydrogen) atoms. The second-order valence-electron chi connectivity index (χ2n) is 4.71. The van der Waals surface area contributed by atoms with Crippen LogP contribution in [0.2, 0.25) is 5.02 Å². The van der Waals surface area contributed by atoms with Crippen molar-refractivity contribution in [3.05, 3.63) is 28.8 Å². The summed E-state index contributed by atoms with van der Waals surface area (Å²) in [5.74, 6) is 0. The number of benzene rings is 1. The first kappa shape index (κ1) is 15.8. The minimum atomic E-state index is -0.582. The third-order valence-electron chi connectivity index (χ3n) is 3.41. The summed E-state index contributed by atoms with van der Waals surface area (Å²) < 4.78 is 0. The lowest BCUT2D eigenvalue weighted by Crippen LogP contribution is -2.52. The van der Waals surface area contributed by atoms with E-state index in [2.05, 4.69) is 10.6 Å². The van der Waals surface area contributed by atoms with E-state index >= 15 is 0 Å². The van der Waals surface area contributed by atoms with Gasteiger partial charge < -0.3 is 15.7 Å². The maximum absolute atomic E-state index is 11.9. The summed E-state index contributed by atoms with van der Waals surface area (Å²) in [6.07, 6.45) is 1.32. The Hall–Kier alpha value is -1.26. The van der Waals surface area contributed by atoms with Crippen LogP contribution in [-0.2, 0) is 0 Å². The fraction of sp³-hybridized carbons (Fsp3) is 0.500. The summed E-state index contributed by atoms with van der Waals surface area (Å²) in [6, 6.07) is 5.07. The fourth-order valence-electron chi connectivity index (χ4n) is 1.81. The van der Waals surface area contributed by atoms with E-state index in [1.54, 1.807) is 12.1 Å². The van der Waals surface area contributed by atoms with Gasteiger partial charge in [-0.1, -0.05) is 31.5 Å². The molecular weight excluding hydrogens is 264 g/mol. The van der Waals surface area contributed by atoms with Crippen LogP contribution >= 0.6 is 11.6 Å². The van der Waals surface area contributed by atoms with Crippen LogP contribution in [0.25, 0.3) is 0 Å². The molecule has 0 unspecified atom stereocenters. The molecule has 0 radical (unpaired) electrons. The quantitative estimate of drug-likeness (QED) is 0.777. The van der Waals surface area contributed by atoms with Gasteiger partial charge in [0.15, 0.2) is 0 Å². The first-order valence-corrected chi connectivity index (χ1v) is 6.80. The Balaban J connectivity index is 2.74. The standard InChI is InChI=1S/C14H21ClN2O2/c1-4-14(5-2,9-18)17-13(19)16-12-7-6-10(3)8-11(12)15/h6-8,18H,4-5,9H2,1-3H3,(H2,16,17,19). The number of aryl methyl sites for hydroxylation is 1. The molecule has 1 aromatic carbocycles. The highest BCUT2D eigenvalue weighted by atomic mass is 35.5. The molecule has 2 amide bonds. The molecule has 1 rings (SSSR count). The highest BCUT2D eigenvalue weighted by Gasteiger charge is 2.27. The number of hydrogen-bond donors (Lipinski definition) is 3. The molecule has 0 atom stereocenters. The first-order valence-electron chi connectivity index (χ1n) is 6.42. The number of rotatable bonds is 5. The predicted molar refractivity (Wildman–Crippen MR) is 78.7 cm³/mol. The van der Waals surface area contributed by atoms with E-state index in [-0.39, 0.29) is 12.6 Å². The molecule has 0 saturated carbocycles. The summed E-state index contributed by atoms with van der Waals surface area (Å²) in [5.41, 5.74) is 1.01. The van der Waals surface area contributed by atoms with E-state index in [0.717, 1.165) is 5.56 Å². The number of carbonyl (C=O) groups is 1. The van der Waals surface area contributed by atoms with Crippen molar-refractivity contribution in [3.8, 4) is 0 Å². The van der Waals surface area contributed by atoms with Crippen molar-refractivity contribution in [1.82, 2.24) is 5.32 Å². The summed E-state index contributed by atoms with van der Waals surface area (Å²) in [6.45, 7) is 5.70. The Bertz CT molecular complexity index is 437. The minimum absolute atomic E-state index is 0.0882. The van der Waals surface area contributed by atoms with Crippen molar-refractivity contribution in [2.45, 2.75) is 39.2 Å². The highest BCUT2D eigenvalue weighted by Crippen LogP contribution is 2.23. The maximum atomic E-state index is 11.9. The zero-order valence-electron chi connectivity index (χ0n) is 11.6. The van der Waals surface area contributed by atoms with Crippen LogP contribution in [0.4, 0.5) is 10.5 Å². The summed E-state index contributed by atoms with van der Waals surface area (Å²) in [4.78, 5) is 11.9.